The Kier molecular flexibility index (Phi) is 4.51. The van der Waals surface area contributed by atoms with Crippen LogP contribution in [0.5, 0.6) is 0 Å². The number of hydrogen-bond acceptors (Lipinski definition) is 0. The number of aromatic nitrogens is 2. The number of nitrogens with one attached hydrogen (secondary N) is 1. The van der Waals surface area contributed by atoms with Gasteiger partial charge in [0.25, 0.3) is 0 Å². The lowest BCUT2D eigenvalue weighted by Crippen LogP contribution is -2.29. The summed E-state index contributed by atoms with van der Waals surface area (Å²) in [7, 11) is -6.00. The molecule has 3 aromatic carbocycles. The molecule has 0 spiro atoms. The van der Waals surface area contributed by atoms with Gasteiger partial charge in [0, 0.05) is 45.4 Å². The van der Waals surface area contributed by atoms with Gasteiger partial charge in [-0.1, -0.05) is 36.4 Å². The van der Waals surface area contributed by atoms with Gasteiger partial charge in [-0.2, -0.15) is 4.57 Å². The standard InChI is InChI=1S/C21H15N2.BF4/c1-2-6-16-14-23(12-11-15(16)5-1)17-9-10-21-19(13-17)18-7-3-4-8-20(18)22-21;2-1(3,4)5/h1-14,22H;/q+1;-1. The van der Waals surface area contributed by atoms with Crippen LogP contribution in [0.1, 0.15) is 0 Å². The molecule has 0 saturated heterocycles. The normalized spacial score (nSPS) is 11.6. The molecule has 0 aliphatic heterocycles. The van der Waals surface area contributed by atoms with Gasteiger partial charge in [-0.05, 0) is 23.6 Å². The van der Waals surface area contributed by atoms with E-state index in [4.69, 9.17) is 0 Å². The molecule has 7 heteroatoms. The lowest BCUT2D eigenvalue weighted by molar-refractivity contribution is -0.594. The Bertz CT molecular complexity index is 1270. The summed E-state index contributed by atoms with van der Waals surface area (Å²) in [6.45, 7) is 0. The lowest BCUT2D eigenvalue weighted by atomic mass is 10.1. The van der Waals surface area contributed by atoms with Gasteiger partial charge in [0.1, 0.15) is 0 Å². The van der Waals surface area contributed by atoms with E-state index in [1.54, 1.807) is 0 Å². The zero-order valence-electron chi connectivity index (χ0n) is 14.6. The summed E-state index contributed by atoms with van der Waals surface area (Å²) < 4.78 is 41.2. The fourth-order valence-corrected chi connectivity index (χ4v) is 3.29. The second-order valence-electron chi connectivity index (χ2n) is 6.38. The van der Waals surface area contributed by atoms with Crippen LogP contribution in [0.25, 0.3) is 38.3 Å². The largest absolute Gasteiger partial charge is 0.673 e. The maximum Gasteiger partial charge on any atom is 0.673 e. The minimum Gasteiger partial charge on any atom is -0.418 e. The highest BCUT2D eigenvalue weighted by molar-refractivity contribution is 6.50. The van der Waals surface area contributed by atoms with Gasteiger partial charge in [-0.3, -0.25) is 0 Å². The van der Waals surface area contributed by atoms with Crippen molar-refractivity contribution in [1.29, 1.82) is 0 Å². The highest BCUT2D eigenvalue weighted by atomic mass is 19.5. The van der Waals surface area contributed by atoms with Gasteiger partial charge in [0.2, 0.25) is 5.69 Å². The molecular weight excluding hydrogens is 367 g/mol. The van der Waals surface area contributed by atoms with Crippen LogP contribution in [0.2, 0.25) is 0 Å². The number of pyridine rings is 1. The van der Waals surface area contributed by atoms with Gasteiger partial charge < -0.3 is 22.2 Å². The quantitative estimate of drug-likeness (QED) is 0.207. The molecule has 0 bridgehead atoms. The van der Waals surface area contributed by atoms with Crippen molar-refractivity contribution in [1.82, 2.24) is 4.98 Å². The molecule has 2 aromatic heterocycles. The molecule has 0 aliphatic rings. The maximum atomic E-state index is 9.75. The van der Waals surface area contributed by atoms with Crippen molar-refractivity contribution in [3.63, 3.8) is 0 Å². The summed E-state index contributed by atoms with van der Waals surface area (Å²) in [6, 6.07) is 25.6. The van der Waals surface area contributed by atoms with Crippen molar-refractivity contribution < 1.29 is 21.8 Å². The first kappa shape index (κ1) is 18.0. The topological polar surface area (TPSA) is 19.7 Å². The molecule has 5 rings (SSSR count). The van der Waals surface area contributed by atoms with Gasteiger partial charge in [0.05, 0.1) is 0 Å². The van der Waals surface area contributed by atoms with Crippen LogP contribution in [0.4, 0.5) is 17.3 Å². The number of hydrogen-bond donors (Lipinski definition) is 1. The predicted octanol–water partition coefficient (Wildman–Crippen LogP) is 6.05. The summed E-state index contributed by atoms with van der Waals surface area (Å²) in [6.07, 6.45) is 4.31. The van der Waals surface area contributed by atoms with Crippen molar-refractivity contribution in [3.05, 3.63) is 85.2 Å². The van der Waals surface area contributed by atoms with Gasteiger partial charge in [0.15, 0.2) is 12.4 Å². The minimum absolute atomic E-state index is 1.17. The maximum absolute atomic E-state index is 9.75. The lowest BCUT2D eigenvalue weighted by Gasteiger charge is -1.99. The molecule has 2 nitrogen and oxygen atoms in total. The number of H-pyrrole nitrogens is 1. The fraction of sp³-hybridized carbons (Fsp3) is 0. The van der Waals surface area contributed by atoms with Crippen LogP contribution in [-0.2, 0) is 0 Å². The molecule has 0 atom stereocenters. The third kappa shape index (κ3) is 3.83. The molecule has 5 aromatic rings. The zero-order chi connectivity index (χ0) is 19.7. The molecular formula is C21H15BF4N2. The highest BCUT2D eigenvalue weighted by Gasteiger charge is 2.20. The molecule has 0 amide bonds. The van der Waals surface area contributed by atoms with E-state index in [0.717, 1.165) is 0 Å². The first-order valence-corrected chi connectivity index (χ1v) is 8.67. The summed E-state index contributed by atoms with van der Waals surface area (Å²) >= 11 is 0. The third-order valence-corrected chi connectivity index (χ3v) is 4.48. The van der Waals surface area contributed by atoms with Gasteiger partial charge >= 0.3 is 7.25 Å². The fourth-order valence-electron chi connectivity index (χ4n) is 3.29. The van der Waals surface area contributed by atoms with Crippen LogP contribution in [0.3, 0.4) is 0 Å². The zero-order valence-corrected chi connectivity index (χ0v) is 14.6. The van der Waals surface area contributed by atoms with Gasteiger partial charge in [-0.15, -0.1) is 0 Å². The number of rotatable bonds is 1. The minimum atomic E-state index is -6.00. The number of aromatic amines is 1. The van der Waals surface area contributed by atoms with E-state index in [1.807, 2.05) is 0 Å². The number of fused-ring (bicyclic) bond motifs is 4. The Balaban J connectivity index is 0.000000346. The Morgan fingerprint density at radius 3 is 2.11 bits per heavy atom. The van der Waals surface area contributed by atoms with Crippen molar-refractivity contribution >= 4 is 39.8 Å². The van der Waals surface area contributed by atoms with E-state index in [-0.39, 0.29) is 0 Å². The smallest absolute Gasteiger partial charge is 0.418 e. The van der Waals surface area contributed by atoms with Crippen LogP contribution in [0.15, 0.2) is 85.2 Å². The monoisotopic (exact) mass is 382 g/mol. The first-order valence-electron chi connectivity index (χ1n) is 8.67. The van der Waals surface area contributed by atoms with Crippen molar-refractivity contribution in [2.45, 2.75) is 0 Å². The number of nitrogens with zero attached hydrogens (tertiary/aromatic N) is 1. The Morgan fingerprint density at radius 2 is 1.32 bits per heavy atom. The van der Waals surface area contributed by atoms with E-state index < -0.39 is 7.25 Å². The average molecular weight is 382 g/mol. The van der Waals surface area contributed by atoms with Crippen molar-refractivity contribution in [3.8, 4) is 5.69 Å². The first-order chi connectivity index (χ1) is 13.4. The van der Waals surface area contributed by atoms with E-state index in [2.05, 4.69) is 94.7 Å². The summed E-state index contributed by atoms with van der Waals surface area (Å²) in [5.74, 6) is 0. The number of benzene rings is 3. The van der Waals surface area contributed by atoms with Crippen LogP contribution in [0, 0.1) is 0 Å². The molecule has 140 valence electrons. The van der Waals surface area contributed by atoms with Crippen molar-refractivity contribution in [2.24, 2.45) is 0 Å². The van der Waals surface area contributed by atoms with Crippen LogP contribution < -0.4 is 4.57 Å². The van der Waals surface area contributed by atoms with E-state index >= 15 is 0 Å². The Hall–Kier alpha value is -3.35. The third-order valence-electron chi connectivity index (χ3n) is 4.48. The second kappa shape index (κ2) is 7.00. The summed E-state index contributed by atoms with van der Waals surface area (Å²) in [5, 5.41) is 5.04. The molecule has 0 unspecified atom stereocenters. The predicted molar refractivity (Wildman–Crippen MR) is 105 cm³/mol. The Labute approximate surface area is 158 Å². The average Bonchev–Trinajstić information content (AvgIpc) is 3.04. The summed E-state index contributed by atoms with van der Waals surface area (Å²) in [4.78, 5) is 3.48. The second-order valence-corrected chi connectivity index (χ2v) is 6.38. The molecule has 0 radical (unpaired) electrons. The van der Waals surface area contributed by atoms with Crippen molar-refractivity contribution in [2.75, 3.05) is 0 Å². The number of para-hydroxylation sites is 1. The highest BCUT2D eigenvalue weighted by Crippen LogP contribution is 2.26. The molecule has 0 fully saturated rings. The SMILES string of the molecule is F[B-](F)(F)F.c1ccc2c[n+](-c3ccc4[nH]c5ccccc5c4c3)ccc2c1. The summed E-state index contributed by atoms with van der Waals surface area (Å²) in [5.41, 5.74) is 3.53. The van der Waals surface area contributed by atoms with E-state index in [0.29, 0.717) is 0 Å². The van der Waals surface area contributed by atoms with Crippen LogP contribution >= 0.6 is 0 Å². The van der Waals surface area contributed by atoms with E-state index in [9.17, 15) is 17.3 Å². The molecule has 1 N–H and O–H groups in total. The van der Waals surface area contributed by atoms with Gasteiger partial charge in [-0.25, -0.2) is 0 Å². The molecule has 0 aliphatic carbocycles. The van der Waals surface area contributed by atoms with E-state index in [1.165, 1.54) is 38.3 Å². The number of halogens is 4. The molecule has 0 saturated carbocycles. The van der Waals surface area contributed by atoms with Crippen LogP contribution in [-0.4, -0.2) is 12.2 Å². The molecule has 2 heterocycles. The molecule has 28 heavy (non-hydrogen) atoms. The Morgan fingerprint density at radius 1 is 0.679 bits per heavy atom.